The number of nitrogens with two attached hydrogens (primary N) is 1. The third kappa shape index (κ3) is 2.74. The second-order valence-corrected chi connectivity index (χ2v) is 4.24. The minimum absolute atomic E-state index is 0.768. The average Bonchev–Trinajstić information content (AvgIpc) is 2.89. The average molecular weight is 245 g/mol. The molecule has 0 saturated heterocycles. The van der Waals surface area contributed by atoms with E-state index >= 15 is 0 Å². The molecule has 96 valence electrons. The van der Waals surface area contributed by atoms with E-state index in [0.29, 0.717) is 0 Å². The summed E-state index contributed by atoms with van der Waals surface area (Å²) in [6, 6.07) is 6.05. The number of imidazole rings is 1. The van der Waals surface area contributed by atoms with Gasteiger partial charge in [0.25, 0.3) is 0 Å². The Labute approximate surface area is 107 Å². The van der Waals surface area contributed by atoms with E-state index in [4.69, 9.17) is 5.73 Å². The summed E-state index contributed by atoms with van der Waals surface area (Å²) in [4.78, 5) is 6.20. The topological polar surface area (TPSA) is 59.1 Å². The van der Waals surface area contributed by atoms with Gasteiger partial charge in [0, 0.05) is 45.3 Å². The van der Waals surface area contributed by atoms with E-state index in [0.717, 1.165) is 30.2 Å². The first-order valence-electron chi connectivity index (χ1n) is 5.95. The van der Waals surface area contributed by atoms with Gasteiger partial charge in [-0.2, -0.15) is 0 Å². The number of aromatic nitrogens is 2. The van der Waals surface area contributed by atoms with Crippen LogP contribution in [0.25, 0.3) is 0 Å². The number of nitrogen functional groups attached to an aromatic ring is 1. The lowest BCUT2D eigenvalue weighted by molar-refractivity contribution is 0.684. The highest BCUT2D eigenvalue weighted by Gasteiger charge is 2.04. The van der Waals surface area contributed by atoms with Crippen molar-refractivity contribution in [3.05, 3.63) is 36.9 Å². The molecule has 1 aromatic carbocycles. The van der Waals surface area contributed by atoms with E-state index in [1.807, 2.05) is 31.7 Å². The summed E-state index contributed by atoms with van der Waals surface area (Å²) >= 11 is 0. The lowest BCUT2D eigenvalue weighted by atomic mass is 10.2. The maximum absolute atomic E-state index is 5.96. The van der Waals surface area contributed by atoms with Crippen LogP contribution in [0.3, 0.4) is 0 Å². The molecule has 2 rings (SSSR count). The molecule has 1 heterocycles. The summed E-state index contributed by atoms with van der Waals surface area (Å²) in [5.41, 5.74) is 8.80. The second kappa shape index (κ2) is 5.44. The molecule has 0 atom stereocenters. The maximum Gasteiger partial charge on any atom is 0.0946 e. The van der Waals surface area contributed by atoms with Gasteiger partial charge in [0.1, 0.15) is 0 Å². The van der Waals surface area contributed by atoms with Crippen LogP contribution < -0.4 is 16.0 Å². The van der Waals surface area contributed by atoms with Gasteiger partial charge in [0.2, 0.25) is 0 Å². The first kappa shape index (κ1) is 12.3. The molecule has 0 aliphatic rings. The molecule has 0 saturated carbocycles. The summed E-state index contributed by atoms with van der Waals surface area (Å²) in [7, 11) is 3.93. The number of nitrogens with zero attached hydrogens (tertiary/aromatic N) is 3. The zero-order valence-corrected chi connectivity index (χ0v) is 10.8. The minimum Gasteiger partial charge on any atom is -0.397 e. The van der Waals surface area contributed by atoms with E-state index in [1.54, 1.807) is 6.20 Å². The molecule has 0 unspecified atom stereocenters. The standard InChI is InChI=1S/C13H19N5/c1-15-13-4-3-11(9-12(13)14)17(2)7-8-18-6-5-16-10-18/h3-6,9-10,15H,7-8,14H2,1-2H3. The van der Waals surface area contributed by atoms with Gasteiger partial charge in [-0.25, -0.2) is 4.98 Å². The number of benzene rings is 1. The quantitative estimate of drug-likeness (QED) is 0.786. The van der Waals surface area contributed by atoms with Crippen LogP contribution in [0.5, 0.6) is 0 Å². The zero-order valence-electron chi connectivity index (χ0n) is 10.8. The lowest BCUT2D eigenvalue weighted by Gasteiger charge is -2.20. The van der Waals surface area contributed by atoms with Crippen molar-refractivity contribution in [3.63, 3.8) is 0 Å². The van der Waals surface area contributed by atoms with E-state index in [1.165, 1.54) is 0 Å². The zero-order chi connectivity index (χ0) is 13.0. The minimum atomic E-state index is 0.768. The van der Waals surface area contributed by atoms with Crippen LogP contribution in [0.2, 0.25) is 0 Å². The lowest BCUT2D eigenvalue weighted by Crippen LogP contribution is -2.22. The van der Waals surface area contributed by atoms with Crippen LogP contribution in [0.1, 0.15) is 0 Å². The molecule has 0 radical (unpaired) electrons. The van der Waals surface area contributed by atoms with Gasteiger partial charge >= 0.3 is 0 Å². The fourth-order valence-corrected chi connectivity index (χ4v) is 1.83. The van der Waals surface area contributed by atoms with Gasteiger partial charge in [-0.05, 0) is 18.2 Å². The van der Waals surface area contributed by atoms with E-state index in [9.17, 15) is 0 Å². The summed E-state index contributed by atoms with van der Waals surface area (Å²) in [5, 5.41) is 3.06. The van der Waals surface area contributed by atoms with E-state index < -0.39 is 0 Å². The van der Waals surface area contributed by atoms with Gasteiger partial charge in [0.05, 0.1) is 17.7 Å². The molecule has 3 N–H and O–H groups in total. The van der Waals surface area contributed by atoms with Crippen molar-refractivity contribution in [2.75, 3.05) is 36.6 Å². The highest BCUT2D eigenvalue weighted by molar-refractivity contribution is 5.71. The number of hydrogen-bond donors (Lipinski definition) is 2. The van der Waals surface area contributed by atoms with Crippen molar-refractivity contribution < 1.29 is 0 Å². The number of anilines is 3. The molecule has 0 bridgehead atoms. The predicted molar refractivity (Wildman–Crippen MR) is 75.9 cm³/mol. The van der Waals surface area contributed by atoms with Crippen LogP contribution in [0, 0.1) is 0 Å². The predicted octanol–water partition coefficient (Wildman–Crippen LogP) is 1.64. The first-order valence-corrected chi connectivity index (χ1v) is 5.95. The van der Waals surface area contributed by atoms with Crippen molar-refractivity contribution in [2.24, 2.45) is 0 Å². The van der Waals surface area contributed by atoms with E-state index in [-0.39, 0.29) is 0 Å². The van der Waals surface area contributed by atoms with Crippen molar-refractivity contribution in [3.8, 4) is 0 Å². The monoisotopic (exact) mass is 245 g/mol. The largest absolute Gasteiger partial charge is 0.397 e. The molecular weight excluding hydrogens is 226 g/mol. The second-order valence-electron chi connectivity index (χ2n) is 4.24. The van der Waals surface area contributed by atoms with Gasteiger partial charge in [-0.3, -0.25) is 0 Å². The molecule has 1 aromatic heterocycles. The summed E-state index contributed by atoms with van der Waals surface area (Å²) < 4.78 is 2.06. The first-order chi connectivity index (χ1) is 8.70. The SMILES string of the molecule is CNc1ccc(N(C)CCn2ccnc2)cc1N. The Hall–Kier alpha value is -2.17. The van der Waals surface area contributed by atoms with Crippen LogP contribution in [-0.2, 0) is 6.54 Å². The molecule has 0 fully saturated rings. The Bertz CT molecular complexity index is 492. The molecule has 0 aliphatic heterocycles. The van der Waals surface area contributed by atoms with Crippen molar-refractivity contribution in [1.29, 1.82) is 0 Å². The van der Waals surface area contributed by atoms with Crippen molar-refractivity contribution in [1.82, 2.24) is 9.55 Å². The highest BCUT2D eigenvalue weighted by Crippen LogP contribution is 2.24. The Morgan fingerprint density at radius 1 is 1.44 bits per heavy atom. The molecule has 2 aromatic rings. The third-order valence-electron chi connectivity index (χ3n) is 3.00. The molecule has 18 heavy (non-hydrogen) atoms. The number of likely N-dealkylation sites (N-methyl/N-ethyl adjacent to an activating group) is 1. The Kier molecular flexibility index (Phi) is 3.72. The molecular formula is C13H19N5. The molecule has 5 nitrogen and oxygen atoms in total. The molecule has 5 heteroatoms. The van der Waals surface area contributed by atoms with Gasteiger partial charge < -0.3 is 20.5 Å². The van der Waals surface area contributed by atoms with Gasteiger partial charge in [0.15, 0.2) is 0 Å². The number of hydrogen-bond acceptors (Lipinski definition) is 4. The van der Waals surface area contributed by atoms with Crippen LogP contribution in [0.4, 0.5) is 17.1 Å². The summed E-state index contributed by atoms with van der Waals surface area (Å²) in [6.07, 6.45) is 5.58. The van der Waals surface area contributed by atoms with Crippen molar-refractivity contribution >= 4 is 17.1 Å². The number of nitrogens with one attached hydrogen (secondary N) is 1. The molecule has 0 spiro atoms. The maximum atomic E-state index is 5.96. The Morgan fingerprint density at radius 2 is 2.28 bits per heavy atom. The van der Waals surface area contributed by atoms with Crippen LogP contribution in [0.15, 0.2) is 36.9 Å². The van der Waals surface area contributed by atoms with Crippen LogP contribution in [-0.4, -0.2) is 30.2 Å². The number of rotatable bonds is 5. The molecule has 0 aliphatic carbocycles. The fraction of sp³-hybridized carbons (Fsp3) is 0.308. The highest BCUT2D eigenvalue weighted by atomic mass is 15.1. The van der Waals surface area contributed by atoms with Gasteiger partial charge in [-0.1, -0.05) is 0 Å². The van der Waals surface area contributed by atoms with Crippen molar-refractivity contribution in [2.45, 2.75) is 6.54 Å². The van der Waals surface area contributed by atoms with Crippen LogP contribution >= 0.6 is 0 Å². The Morgan fingerprint density at radius 3 is 2.89 bits per heavy atom. The Balaban J connectivity index is 2.00. The molecule has 0 amide bonds. The van der Waals surface area contributed by atoms with Gasteiger partial charge in [-0.15, -0.1) is 0 Å². The fourth-order valence-electron chi connectivity index (χ4n) is 1.83. The summed E-state index contributed by atoms with van der Waals surface area (Å²) in [5.74, 6) is 0. The third-order valence-corrected chi connectivity index (χ3v) is 3.00. The smallest absolute Gasteiger partial charge is 0.0946 e. The summed E-state index contributed by atoms with van der Waals surface area (Å²) in [6.45, 7) is 1.82. The normalized spacial score (nSPS) is 10.3. The van der Waals surface area contributed by atoms with E-state index in [2.05, 4.69) is 32.9 Å².